The van der Waals surface area contributed by atoms with Crippen LogP contribution in [0.2, 0.25) is 0 Å². The lowest BCUT2D eigenvalue weighted by Gasteiger charge is -2.19. The maximum Gasteiger partial charge on any atom is 0.307 e. The molecule has 0 aliphatic carbocycles. The molecule has 0 N–H and O–H groups in total. The van der Waals surface area contributed by atoms with Crippen molar-refractivity contribution < 1.29 is 19.1 Å². The summed E-state index contributed by atoms with van der Waals surface area (Å²) in [6.45, 7) is 2.53. The number of benzene rings is 1. The van der Waals surface area contributed by atoms with Crippen molar-refractivity contribution >= 4 is 18.0 Å². The first kappa shape index (κ1) is 19.2. The van der Waals surface area contributed by atoms with Crippen molar-refractivity contribution in [2.24, 2.45) is 0 Å². The Bertz CT molecular complexity index is 620. The summed E-state index contributed by atoms with van der Waals surface area (Å²) in [5, 5.41) is 8.71. The van der Waals surface area contributed by atoms with Crippen LogP contribution in [0.15, 0.2) is 30.3 Å². The second-order valence-electron chi connectivity index (χ2n) is 4.90. The van der Waals surface area contributed by atoms with Gasteiger partial charge in [0.05, 0.1) is 32.6 Å². The maximum absolute atomic E-state index is 12.3. The van der Waals surface area contributed by atoms with Crippen molar-refractivity contribution in [3.05, 3.63) is 35.9 Å². The first-order valence-corrected chi connectivity index (χ1v) is 7.74. The van der Waals surface area contributed by atoms with Crippen molar-refractivity contribution in [3.63, 3.8) is 0 Å². The van der Waals surface area contributed by atoms with Gasteiger partial charge >= 0.3 is 5.97 Å². The first-order chi connectivity index (χ1) is 11.6. The highest BCUT2D eigenvalue weighted by molar-refractivity contribution is 5.92. The summed E-state index contributed by atoms with van der Waals surface area (Å²) in [7, 11) is 1.58. The molecule has 1 rings (SSSR count). The van der Waals surface area contributed by atoms with Gasteiger partial charge in [-0.3, -0.25) is 9.59 Å². The van der Waals surface area contributed by atoms with Crippen molar-refractivity contribution in [1.29, 1.82) is 5.26 Å². The number of nitrogens with zero attached hydrogens (tertiary/aromatic N) is 2. The molecule has 0 fully saturated rings. The topological polar surface area (TPSA) is 79.6 Å². The number of esters is 1. The summed E-state index contributed by atoms with van der Waals surface area (Å²) < 4.78 is 9.99. The average molecular weight is 330 g/mol. The number of hydrogen-bond donors (Lipinski definition) is 0. The number of methoxy groups -OCH3 is 1. The van der Waals surface area contributed by atoms with E-state index in [4.69, 9.17) is 14.7 Å². The van der Waals surface area contributed by atoms with E-state index in [1.807, 2.05) is 30.3 Å². The van der Waals surface area contributed by atoms with Gasteiger partial charge in [-0.15, -0.1) is 0 Å². The molecule has 1 aromatic rings. The van der Waals surface area contributed by atoms with E-state index >= 15 is 0 Å². The number of carbonyl (C=O) groups is 2. The fourth-order valence-electron chi connectivity index (χ4n) is 1.99. The minimum absolute atomic E-state index is 0.109. The van der Waals surface area contributed by atoms with Gasteiger partial charge in [0.15, 0.2) is 0 Å². The van der Waals surface area contributed by atoms with Gasteiger partial charge in [-0.25, -0.2) is 0 Å². The zero-order valence-corrected chi connectivity index (χ0v) is 14.0. The van der Waals surface area contributed by atoms with Gasteiger partial charge in [-0.05, 0) is 30.7 Å². The third kappa shape index (κ3) is 6.97. The average Bonchev–Trinajstić information content (AvgIpc) is 2.60. The lowest BCUT2D eigenvalue weighted by atomic mass is 10.2. The van der Waals surface area contributed by atoms with Gasteiger partial charge in [0.2, 0.25) is 5.91 Å². The highest BCUT2D eigenvalue weighted by atomic mass is 16.5. The van der Waals surface area contributed by atoms with Crippen LogP contribution in [-0.2, 0) is 14.3 Å². The maximum atomic E-state index is 12.3. The van der Waals surface area contributed by atoms with Crippen LogP contribution >= 0.6 is 0 Å². The molecule has 0 aliphatic heterocycles. The largest absolute Gasteiger partial charge is 0.497 e. The molecule has 0 saturated carbocycles. The van der Waals surface area contributed by atoms with E-state index in [2.05, 4.69) is 0 Å². The van der Waals surface area contributed by atoms with E-state index < -0.39 is 0 Å². The number of ether oxygens (including phenoxy) is 2. The van der Waals surface area contributed by atoms with Gasteiger partial charge < -0.3 is 14.4 Å². The monoisotopic (exact) mass is 330 g/mol. The Hall–Kier alpha value is -2.81. The third-order valence-electron chi connectivity index (χ3n) is 3.21. The molecule has 1 aromatic carbocycles. The van der Waals surface area contributed by atoms with Crippen LogP contribution in [0.4, 0.5) is 0 Å². The summed E-state index contributed by atoms with van der Waals surface area (Å²) >= 11 is 0. The highest BCUT2D eigenvalue weighted by Crippen LogP contribution is 2.13. The van der Waals surface area contributed by atoms with Crippen LogP contribution in [0.25, 0.3) is 6.08 Å². The number of rotatable bonds is 9. The summed E-state index contributed by atoms with van der Waals surface area (Å²) in [5.41, 5.74) is 0.827. The lowest BCUT2D eigenvalue weighted by Crippen LogP contribution is -2.32. The Kier molecular flexibility index (Phi) is 8.69. The second-order valence-corrected chi connectivity index (χ2v) is 4.90. The van der Waals surface area contributed by atoms with E-state index in [1.54, 1.807) is 20.1 Å². The zero-order chi connectivity index (χ0) is 17.8. The van der Waals surface area contributed by atoms with Gasteiger partial charge in [-0.2, -0.15) is 5.26 Å². The van der Waals surface area contributed by atoms with Gasteiger partial charge in [-0.1, -0.05) is 12.1 Å². The minimum atomic E-state index is -0.357. The van der Waals surface area contributed by atoms with Gasteiger partial charge in [0.25, 0.3) is 0 Å². The van der Waals surface area contributed by atoms with Crippen molar-refractivity contribution in [3.8, 4) is 11.8 Å². The Morgan fingerprint density at radius 3 is 2.79 bits per heavy atom. The number of amides is 1. The van der Waals surface area contributed by atoms with Gasteiger partial charge in [0, 0.05) is 19.2 Å². The molecule has 0 aromatic heterocycles. The summed E-state index contributed by atoms with van der Waals surface area (Å²) in [6.07, 6.45) is 3.42. The molecule has 24 heavy (non-hydrogen) atoms. The molecule has 0 bridgehead atoms. The summed E-state index contributed by atoms with van der Waals surface area (Å²) in [4.78, 5) is 25.2. The number of hydrogen-bond acceptors (Lipinski definition) is 5. The van der Waals surface area contributed by atoms with E-state index in [0.717, 1.165) is 5.56 Å². The Morgan fingerprint density at radius 1 is 1.33 bits per heavy atom. The van der Waals surface area contributed by atoms with E-state index in [9.17, 15) is 9.59 Å². The lowest BCUT2D eigenvalue weighted by molar-refractivity contribution is -0.143. The van der Waals surface area contributed by atoms with E-state index in [0.29, 0.717) is 12.4 Å². The molecule has 1 amide bonds. The molecule has 0 heterocycles. The van der Waals surface area contributed by atoms with E-state index in [-0.39, 0.29) is 37.8 Å². The van der Waals surface area contributed by atoms with Crippen molar-refractivity contribution in [2.75, 3.05) is 26.8 Å². The molecular formula is C18H22N2O4. The highest BCUT2D eigenvalue weighted by Gasteiger charge is 2.13. The van der Waals surface area contributed by atoms with Gasteiger partial charge in [0.1, 0.15) is 5.75 Å². The molecule has 0 spiro atoms. The Morgan fingerprint density at radius 2 is 2.12 bits per heavy atom. The van der Waals surface area contributed by atoms with Crippen LogP contribution in [0.5, 0.6) is 5.75 Å². The SMILES string of the molecule is CCOC(=O)CCN(CCC#N)C(=O)/C=C/c1cccc(OC)c1. The number of nitriles is 1. The molecular weight excluding hydrogens is 308 g/mol. The number of carbonyl (C=O) groups excluding carboxylic acids is 2. The molecule has 0 atom stereocenters. The van der Waals surface area contributed by atoms with Crippen LogP contribution in [0.1, 0.15) is 25.3 Å². The second kappa shape index (κ2) is 10.8. The molecule has 0 radical (unpaired) electrons. The fraction of sp³-hybridized carbons (Fsp3) is 0.389. The third-order valence-corrected chi connectivity index (χ3v) is 3.21. The first-order valence-electron chi connectivity index (χ1n) is 7.74. The zero-order valence-electron chi connectivity index (χ0n) is 14.0. The standard InChI is InChI=1S/C18H22N2O4/c1-3-24-18(22)10-13-20(12-5-11-19)17(21)9-8-15-6-4-7-16(14-15)23-2/h4,6-9,14H,3,5,10,12-13H2,1-2H3/b9-8+. The molecule has 128 valence electrons. The quantitative estimate of drug-likeness (QED) is 0.513. The molecule has 0 aliphatic rings. The van der Waals surface area contributed by atoms with Crippen molar-refractivity contribution in [2.45, 2.75) is 19.8 Å². The molecule has 6 heteroatoms. The minimum Gasteiger partial charge on any atom is -0.497 e. The predicted molar refractivity (Wildman–Crippen MR) is 90.1 cm³/mol. The smallest absolute Gasteiger partial charge is 0.307 e. The Balaban J connectivity index is 2.70. The molecule has 0 saturated heterocycles. The summed E-state index contributed by atoms with van der Waals surface area (Å²) in [5.74, 6) is 0.0923. The predicted octanol–water partition coefficient (Wildman–Crippen LogP) is 2.40. The summed E-state index contributed by atoms with van der Waals surface area (Å²) in [6, 6.07) is 9.31. The van der Waals surface area contributed by atoms with Crippen LogP contribution < -0.4 is 4.74 Å². The van der Waals surface area contributed by atoms with Crippen molar-refractivity contribution in [1.82, 2.24) is 4.90 Å². The Labute approximate surface area is 142 Å². The van der Waals surface area contributed by atoms with Crippen LogP contribution in [0.3, 0.4) is 0 Å². The van der Waals surface area contributed by atoms with Crippen LogP contribution in [-0.4, -0.2) is 43.6 Å². The normalized spacial score (nSPS) is 10.2. The van der Waals surface area contributed by atoms with Crippen LogP contribution in [0, 0.1) is 11.3 Å². The van der Waals surface area contributed by atoms with E-state index in [1.165, 1.54) is 11.0 Å². The molecule has 0 unspecified atom stereocenters. The molecule has 6 nitrogen and oxygen atoms in total. The fourth-order valence-corrected chi connectivity index (χ4v) is 1.99.